The van der Waals surface area contributed by atoms with Crippen molar-refractivity contribution in [1.29, 1.82) is 0 Å². The molecule has 0 spiro atoms. The summed E-state index contributed by atoms with van der Waals surface area (Å²) in [6.07, 6.45) is 1.54. The van der Waals surface area contributed by atoms with Crippen molar-refractivity contribution < 1.29 is 39.6 Å². The zero-order valence-electron chi connectivity index (χ0n) is 8.08. The molecule has 88 valence electrons. The van der Waals surface area contributed by atoms with E-state index in [0.717, 1.165) is 0 Å². The Bertz CT molecular complexity index is 277. The van der Waals surface area contributed by atoms with Gasteiger partial charge < -0.3 is 39.6 Å². The molecule has 0 atom stereocenters. The van der Waals surface area contributed by atoms with Gasteiger partial charge in [0.25, 0.3) is 0 Å². The molecule has 17 heavy (non-hydrogen) atoms. The van der Waals surface area contributed by atoms with Crippen LogP contribution in [0.15, 0.2) is 24.3 Å². The third-order valence-corrected chi connectivity index (χ3v) is 0.711. The molecule has 0 aromatic carbocycles. The van der Waals surface area contributed by atoms with Gasteiger partial charge in [-0.3, -0.25) is 0 Å². The summed E-state index contributed by atoms with van der Waals surface area (Å²) in [6.45, 7) is 0. The third kappa shape index (κ3) is 31.4. The minimum Gasteiger partial charge on any atom is -0.545 e. The molecular weight excluding hydrogens is 431 g/mol. The number of carboxylic acid groups (broad SMARTS) is 4. The van der Waals surface area contributed by atoms with Crippen LogP contribution in [0.2, 0.25) is 0 Å². The van der Waals surface area contributed by atoms with Gasteiger partial charge in [0, 0.05) is 0 Å². The Kier molecular flexibility index (Phi) is 15.0. The quantitative estimate of drug-likeness (QED) is 0.311. The molecule has 0 fully saturated rings. The van der Waals surface area contributed by atoms with E-state index in [1.54, 1.807) is 0 Å². The molecule has 0 aliphatic rings. The van der Waals surface area contributed by atoms with Gasteiger partial charge >= 0.3 is 27.3 Å². The fourth-order valence-electron chi connectivity index (χ4n) is 0.272. The van der Waals surface area contributed by atoms with Gasteiger partial charge in [-0.05, 0) is 24.3 Å². The summed E-state index contributed by atoms with van der Waals surface area (Å²) in [6, 6.07) is 0. The van der Waals surface area contributed by atoms with Crippen molar-refractivity contribution in [2.75, 3.05) is 0 Å². The fraction of sp³-hybridized carbons (Fsp3) is 0. The summed E-state index contributed by atoms with van der Waals surface area (Å²) in [5.74, 6) is -6.19. The first-order valence-electron chi connectivity index (χ1n) is 3.45. The first-order valence-corrected chi connectivity index (χ1v) is 3.45. The predicted octanol–water partition coefficient (Wildman–Crippen LogP) is -6.30. The van der Waals surface area contributed by atoms with Crippen LogP contribution in [0, 0.1) is 0 Å². The minimum absolute atomic E-state index is 0. The van der Waals surface area contributed by atoms with Gasteiger partial charge in [-0.25, -0.2) is 0 Å². The third-order valence-electron chi connectivity index (χ3n) is 0.711. The first-order chi connectivity index (χ1) is 7.25. The summed E-state index contributed by atoms with van der Waals surface area (Å²) in [4.78, 5) is 37.7. The molecule has 0 aromatic rings. The molecule has 0 amide bonds. The summed E-state index contributed by atoms with van der Waals surface area (Å²) in [7, 11) is 0. The van der Waals surface area contributed by atoms with Gasteiger partial charge in [0.15, 0.2) is 0 Å². The number of rotatable bonds is 4. The number of hydrogen-bond acceptors (Lipinski definition) is 8. The molecule has 0 N–H and O–H groups in total. The van der Waals surface area contributed by atoms with Crippen molar-refractivity contribution in [2.24, 2.45) is 0 Å². The Morgan fingerprint density at radius 2 is 0.647 bits per heavy atom. The maximum atomic E-state index is 9.41. The number of aliphatic carboxylic acids is 4. The van der Waals surface area contributed by atoms with Crippen LogP contribution in [0.1, 0.15) is 0 Å². The van der Waals surface area contributed by atoms with E-state index < -0.39 is 23.9 Å². The van der Waals surface area contributed by atoms with Crippen molar-refractivity contribution in [3.8, 4) is 0 Å². The maximum Gasteiger partial charge on any atom is 4.00 e. The molecule has 8 nitrogen and oxygen atoms in total. The summed E-state index contributed by atoms with van der Waals surface area (Å²) >= 11 is 0. The van der Waals surface area contributed by atoms with Crippen LogP contribution in [-0.2, 0) is 19.2 Å². The average molecular weight is 435 g/mol. The minimum atomic E-state index is -1.55. The van der Waals surface area contributed by atoms with Crippen molar-refractivity contribution in [3.63, 3.8) is 0 Å². The van der Waals surface area contributed by atoms with Crippen molar-refractivity contribution >= 4 is 51.2 Å². The van der Waals surface area contributed by atoms with Gasteiger partial charge in [-0.2, -0.15) is 0 Å². The molecule has 0 aliphatic carbocycles. The molecule has 0 radical (unpaired) electrons. The molecule has 9 heteroatoms. The number of carboxylic acids is 4. The van der Waals surface area contributed by atoms with Crippen LogP contribution in [0.3, 0.4) is 0 Å². The monoisotopic (exact) mass is 436 g/mol. The van der Waals surface area contributed by atoms with Gasteiger partial charge in [-0.1, -0.05) is 0 Å². The normalized spacial score (nSPS) is 8.94. The zero-order valence-corrected chi connectivity index (χ0v) is 12.0. The topological polar surface area (TPSA) is 161 Å². The first kappa shape index (κ1) is 20.7. The predicted molar refractivity (Wildman–Crippen MR) is 44.1 cm³/mol. The Morgan fingerprint density at radius 1 is 0.529 bits per heavy atom. The van der Waals surface area contributed by atoms with Crippen LogP contribution >= 0.6 is 0 Å². The molecule has 0 unspecified atom stereocenters. The van der Waals surface area contributed by atoms with E-state index in [9.17, 15) is 39.6 Å². The van der Waals surface area contributed by atoms with E-state index in [0.29, 0.717) is 24.3 Å². The van der Waals surface area contributed by atoms with E-state index in [2.05, 4.69) is 0 Å². The second-order valence-corrected chi connectivity index (χ2v) is 1.94. The SMILES string of the molecule is O=C([O-])/C=C/C(=O)[O-].O=C([O-])/C=C/C(=O)[O-].[Pb+4]. The van der Waals surface area contributed by atoms with Crippen LogP contribution in [0.5, 0.6) is 0 Å². The van der Waals surface area contributed by atoms with Crippen molar-refractivity contribution in [3.05, 3.63) is 24.3 Å². The van der Waals surface area contributed by atoms with Gasteiger partial charge in [0.1, 0.15) is 0 Å². The smallest absolute Gasteiger partial charge is 0.545 e. The molecule has 0 bridgehead atoms. The Hall–Kier alpha value is -1.72. The van der Waals surface area contributed by atoms with Crippen molar-refractivity contribution in [2.45, 2.75) is 0 Å². The Balaban J connectivity index is -0.000000218. The zero-order chi connectivity index (χ0) is 13.1. The van der Waals surface area contributed by atoms with Crippen LogP contribution in [0.25, 0.3) is 0 Å². The van der Waals surface area contributed by atoms with E-state index >= 15 is 0 Å². The average Bonchev–Trinajstić information content (AvgIpc) is 2.12. The Labute approximate surface area is 115 Å². The molecule has 0 heterocycles. The standard InChI is InChI=1S/2C4H4O4.Pb/c2*5-3(6)1-2-4(7)8;/h2*1-2H,(H,5,6)(H,7,8);/q;;+4/p-4/b2*2-1+;. The van der Waals surface area contributed by atoms with E-state index in [4.69, 9.17) is 0 Å². The van der Waals surface area contributed by atoms with Gasteiger partial charge in [0.2, 0.25) is 0 Å². The van der Waals surface area contributed by atoms with Gasteiger partial charge in [0.05, 0.1) is 23.9 Å². The second-order valence-electron chi connectivity index (χ2n) is 1.94. The summed E-state index contributed by atoms with van der Waals surface area (Å²) in [5, 5.41) is 37.7. The van der Waals surface area contributed by atoms with Gasteiger partial charge in [-0.15, -0.1) is 0 Å². The van der Waals surface area contributed by atoms with Crippen LogP contribution in [-0.4, -0.2) is 51.2 Å². The molecule has 0 saturated carbocycles. The summed E-state index contributed by atoms with van der Waals surface area (Å²) < 4.78 is 0. The molecule has 0 rings (SSSR count). The molecule has 0 aliphatic heterocycles. The summed E-state index contributed by atoms with van der Waals surface area (Å²) in [5.41, 5.74) is 0. The van der Waals surface area contributed by atoms with E-state index in [1.807, 2.05) is 0 Å². The Morgan fingerprint density at radius 3 is 0.706 bits per heavy atom. The van der Waals surface area contributed by atoms with Crippen LogP contribution < -0.4 is 20.4 Å². The van der Waals surface area contributed by atoms with E-state index in [1.165, 1.54) is 0 Å². The number of carbonyl (C=O) groups excluding carboxylic acids is 4. The van der Waals surface area contributed by atoms with E-state index in [-0.39, 0.29) is 27.3 Å². The largest absolute Gasteiger partial charge is 4.00 e. The molecular formula is C8H4O8Pb. The molecule has 0 aromatic heterocycles. The number of hydrogen-bond donors (Lipinski definition) is 0. The number of carbonyl (C=O) groups is 4. The fourth-order valence-corrected chi connectivity index (χ4v) is 0.272. The second kappa shape index (κ2) is 12.4. The van der Waals surface area contributed by atoms with Crippen molar-refractivity contribution in [1.82, 2.24) is 0 Å². The maximum absolute atomic E-state index is 9.41. The van der Waals surface area contributed by atoms with Crippen LogP contribution in [0.4, 0.5) is 0 Å². The molecule has 0 saturated heterocycles.